The molecule has 1 atom stereocenters. The van der Waals surface area contributed by atoms with Crippen LogP contribution in [0.25, 0.3) is 5.70 Å². The van der Waals surface area contributed by atoms with Crippen LogP contribution in [0.1, 0.15) is 12.0 Å². The molecule has 19 heavy (non-hydrogen) atoms. The number of alkyl halides is 1. The predicted molar refractivity (Wildman–Crippen MR) is 75.3 cm³/mol. The Morgan fingerprint density at radius 2 is 2.11 bits per heavy atom. The molecule has 0 aromatic heterocycles. The average molecular weight is 350 g/mol. The molecule has 1 aliphatic heterocycles. The molecule has 0 saturated carbocycles. The molecule has 2 rings (SSSR count). The zero-order chi connectivity index (χ0) is 13.0. The zero-order valence-corrected chi connectivity index (χ0v) is 14.3. The van der Waals surface area contributed by atoms with E-state index in [4.69, 9.17) is 16.3 Å². The number of hydrogen-bond acceptors (Lipinski definition) is 2. The molecule has 0 amide bonds. The molecule has 1 aliphatic rings. The first-order valence-corrected chi connectivity index (χ1v) is 6.19. The summed E-state index contributed by atoms with van der Waals surface area (Å²) in [5.41, 5.74) is 2.79. The first-order valence-electron chi connectivity index (χ1n) is 5.75. The molecule has 2 nitrogen and oxygen atoms in total. The predicted octanol–water partition coefficient (Wildman–Crippen LogP) is 3.51. The Bertz CT molecular complexity index is 481. The van der Waals surface area contributed by atoms with Crippen molar-refractivity contribution in [3.05, 3.63) is 60.8 Å². The molecule has 4 heteroatoms. The van der Waals surface area contributed by atoms with Crippen LogP contribution in [0.4, 0.5) is 0 Å². The summed E-state index contributed by atoms with van der Waals surface area (Å²) in [5.74, 6) is 0.823. The number of hydrogen-bond donors (Lipinski definition) is 1. The second-order valence-electron chi connectivity index (χ2n) is 4.00. The third kappa shape index (κ3) is 4.48. The maximum absolute atomic E-state index is 6.04. The number of nitrogens with one attached hydrogen (secondary N) is 1. The summed E-state index contributed by atoms with van der Waals surface area (Å²) < 4.78 is 5.43. The quantitative estimate of drug-likeness (QED) is 0.510. The molecule has 1 N–H and O–H groups in total. The number of allylic oxidation sites excluding steroid dienone is 2. The smallest absolute Gasteiger partial charge is 0.116 e. The molecule has 0 bridgehead atoms. The van der Waals surface area contributed by atoms with Gasteiger partial charge in [0.15, 0.2) is 0 Å². The first-order chi connectivity index (χ1) is 8.70. The van der Waals surface area contributed by atoms with Gasteiger partial charge < -0.3 is 10.1 Å². The van der Waals surface area contributed by atoms with Crippen molar-refractivity contribution >= 4 is 17.3 Å². The molecule has 0 saturated heterocycles. The van der Waals surface area contributed by atoms with Crippen LogP contribution < -0.4 is 10.1 Å². The molecule has 0 aliphatic carbocycles. The van der Waals surface area contributed by atoms with Gasteiger partial charge in [-0.15, -0.1) is 29.4 Å². The summed E-state index contributed by atoms with van der Waals surface area (Å²) in [5, 5.41) is 3.09. The molecule has 1 radical (unpaired) electrons. The van der Waals surface area contributed by atoms with Gasteiger partial charge in [0.2, 0.25) is 0 Å². The van der Waals surface area contributed by atoms with E-state index in [0.29, 0.717) is 13.0 Å². The van der Waals surface area contributed by atoms with E-state index >= 15 is 0 Å². The van der Waals surface area contributed by atoms with Crippen LogP contribution in [0, 0.1) is 6.08 Å². The Labute approximate surface area is 144 Å². The average Bonchev–Trinajstić information content (AvgIpc) is 2.40. The van der Waals surface area contributed by atoms with Crippen LogP contribution in [0.2, 0.25) is 0 Å². The molecule has 0 fully saturated rings. The SMILES string of the molecule is C=CCOc1ccc(C2=[C-]CC(Cl)C(=C)N2)cc1.[Y]. The molecule has 97 valence electrons. The topological polar surface area (TPSA) is 21.3 Å². The van der Waals surface area contributed by atoms with E-state index < -0.39 is 0 Å². The molecule has 1 aromatic carbocycles. The zero-order valence-electron chi connectivity index (χ0n) is 10.7. The fourth-order valence-electron chi connectivity index (χ4n) is 1.65. The molecule has 1 unspecified atom stereocenters. The van der Waals surface area contributed by atoms with Crippen molar-refractivity contribution < 1.29 is 37.4 Å². The van der Waals surface area contributed by atoms with Gasteiger partial charge in [0, 0.05) is 38.4 Å². The minimum absolute atomic E-state index is 0. The van der Waals surface area contributed by atoms with Gasteiger partial charge in [0.1, 0.15) is 12.4 Å². The van der Waals surface area contributed by atoms with E-state index in [2.05, 4.69) is 24.6 Å². The van der Waals surface area contributed by atoms with Crippen molar-refractivity contribution in [1.29, 1.82) is 0 Å². The minimum Gasteiger partial charge on any atom is -0.490 e. The molecule has 1 aromatic rings. The Balaban J connectivity index is 0.00000180. The number of ether oxygens (including phenoxy) is 1. The summed E-state index contributed by atoms with van der Waals surface area (Å²) in [6.45, 7) is 8.01. The van der Waals surface area contributed by atoms with Crippen molar-refractivity contribution in [3.8, 4) is 5.75 Å². The van der Waals surface area contributed by atoms with Crippen LogP contribution >= 0.6 is 11.6 Å². The Kier molecular flexibility index (Phi) is 6.84. The first kappa shape index (κ1) is 16.5. The van der Waals surface area contributed by atoms with Crippen LogP contribution in [0.15, 0.2) is 49.2 Å². The van der Waals surface area contributed by atoms with Gasteiger partial charge in [-0.25, -0.2) is 6.08 Å². The van der Waals surface area contributed by atoms with Crippen LogP contribution in [-0.4, -0.2) is 12.0 Å². The van der Waals surface area contributed by atoms with Crippen LogP contribution in [0.5, 0.6) is 5.75 Å². The molecular formula is C15H15ClNOY-. The summed E-state index contributed by atoms with van der Waals surface area (Å²) in [4.78, 5) is 0. The Morgan fingerprint density at radius 1 is 1.42 bits per heavy atom. The molecular weight excluding hydrogens is 335 g/mol. The van der Waals surface area contributed by atoms with E-state index in [-0.39, 0.29) is 38.1 Å². The summed E-state index contributed by atoms with van der Waals surface area (Å²) in [7, 11) is 0. The number of rotatable bonds is 4. The van der Waals surface area contributed by atoms with Crippen LogP contribution in [0.3, 0.4) is 0 Å². The molecule has 1 heterocycles. The fraction of sp³-hybridized carbons (Fsp3) is 0.200. The van der Waals surface area contributed by atoms with Crippen molar-refractivity contribution in [1.82, 2.24) is 5.32 Å². The maximum atomic E-state index is 6.04. The van der Waals surface area contributed by atoms with E-state index in [0.717, 1.165) is 22.7 Å². The third-order valence-electron chi connectivity index (χ3n) is 2.63. The van der Waals surface area contributed by atoms with E-state index in [9.17, 15) is 0 Å². The number of halogens is 1. The van der Waals surface area contributed by atoms with E-state index in [1.807, 2.05) is 24.3 Å². The largest absolute Gasteiger partial charge is 0.490 e. The Hall–Kier alpha value is -0.566. The van der Waals surface area contributed by atoms with Crippen molar-refractivity contribution in [2.75, 3.05) is 6.61 Å². The summed E-state index contributed by atoms with van der Waals surface area (Å²) in [6, 6.07) is 7.81. The maximum Gasteiger partial charge on any atom is 0.116 e. The summed E-state index contributed by atoms with van der Waals surface area (Å²) >= 11 is 6.04. The van der Waals surface area contributed by atoms with Crippen molar-refractivity contribution in [2.24, 2.45) is 0 Å². The van der Waals surface area contributed by atoms with Gasteiger partial charge in [-0.1, -0.05) is 25.7 Å². The van der Waals surface area contributed by atoms with Gasteiger partial charge in [-0.3, -0.25) is 0 Å². The standard InChI is InChI=1S/C15H15ClNO.Y/c1-3-10-18-13-6-4-12(5-7-13)15-9-8-14(16)11(2)17-15;/h3-7,14,17H,1-2,8,10H2;/q-1;. The second-order valence-corrected chi connectivity index (χ2v) is 4.52. The van der Waals surface area contributed by atoms with Crippen molar-refractivity contribution in [3.63, 3.8) is 0 Å². The van der Waals surface area contributed by atoms with E-state index in [1.165, 1.54) is 0 Å². The second kappa shape index (κ2) is 7.89. The van der Waals surface area contributed by atoms with Crippen molar-refractivity contribution in [2.45, 2.75) is 11.8 Å². The Morgan fingerprint density at radius 3 is 2.68 bits per heavy atom. The normalized spacial score (nSPS) is 17.8. The molecule has 0 spiro atoms. The van der Waals surface area contributed by atoms with Gasteiger partial charge >= 0.3 is 0 Å². The fourth-order valence-corrected chi connectivity index (χ4v) is 1.78. The van der Waals surface area contributed by atoms with Crippen LogP contribution in [-0.2, 0) is 32.7 Å². The third-order valence-corrected chi connectivity index (χ3v) is 3.05. The van der Waals surface area contributed by atoms with Gasteiger partial charge in [-0.05, 0) is 12.1 Å². The van der Waals surface area contributed by atoms with Gasteiger partial charge in [-0.2, -0.15) is 5.56 Å². The monoisotopic (exact) mass is 349 g/mol. The minimum atomic E-state index is -0.0797. The van der Waals surface area contributed by atoms with Gasteiger partial charge in [0.25, 0.3) is 0 Å². The number of benzene rings is 1. The van der Waals surface area contributed by atoms with Gasteiger partial charge in [0.05, 0.1) is 5.38 Å². The van der Waals surface area contributed by atoms with E-state index in [1.54, 1.807) is 6.08 Å². The summed E-state index contributed by atoms with van der Waals surface area (Å²) in [6.07, 6.45) is 5.63.